The Morgan fingerprint density at radius 2 is 1.71 bits per heavy atom. The number of nitrogens with one attached hydrogen (secondary N) is 1. The van der Waals surface area contributed by atoms with E-state index in [1.807, 2.05) is 60.7 Å². The second-order valence-corrected chi connectivity index (χ2v) is 11.9. The summed E-state index contributed by atoms with van der Waals surface area (Å²) >= 11 is 2.52. The van der Waals surface area contributed by atoms with Crippen LogP contribution in [0.15, 0.2) is 88.5 Å². The Labute approximate surface area is 283 Å². The average molecular weight is 695 g/mol. The van der Waals surface area contributed by atoms with E-state index < -0.39 is 60.3 Å². The number of thiazole rings is 1. The molecule has 0 aliphatic carbocycles. The van der Waals surface area contributed by atoms with Crippen molar-refractivity contribution in [1.29, 1.82) is 0 Å². The van der Waals surface area contributed by atoms with Crippen molar-refractivity contribution in [3.05, 3.63) is 100 Å². The molecular formula is C32H30N4O10S2. The zero-order chi connectivity index (χ0) is 34.0. The molecule has 1 fully saturated rings. The van der Waals surface area contributed by atoms with Gasteiger partial charge in [0.25, 0.3) is 11.8 Å². The van der Waals surface area contributed by atoms with Gasteiger partial charge in [0.1, 0.15) is 22.8 Å². The smallest absolute Gasteiger partial charge is 0.450 e. The standard InChI is InChI=1S/C32H30N4O10S2/c1-3-42-32(41)45-19(2)44-31(40)23-14-15-48-30-26(29(39)36(23)30)34-28(38)25(22-17-47-18-33-22)35-43-16-24(37)46-27(20-10-6-4-7-11-20)21-12-8-5-9-13-21/h4-14,17-19,26-27,30H,3,15-16H2,1-2H3,(H,34,38)/b35-25+/t19?,26?,30-/m1/s1. The highest BCUT2D eigenvalue weighted by Crippen LogP contribution is 2.38. The van der Waals surface area contributed by atoms with E-state index in [1.54, 1.807) is 12.3 Å². The lowest BCUT2D eigenvalue weighted by molar-refractivity contribution is -0.168. The van der Waals surface area contributed by atoms with Crippen LogP contribution in [0.4, 0.5) is 4.79 Å². The number of β-lactam (4-membered cyclic amide) rings is 1. The molecule has 5 rings (SSSR count). The summed E-state index contributed by atoms with van der Waals surface area (Å²) in [4.78, 5) is 74.3. The molecule has 2 aromatic carbocycles. The van der Waals surface area contributed by atoms with Gasteiger partial charge in [-0.15, -0.1) is 23.1 Å². The fraction of sp³-hybridized carbons (Fsp3) is 0.281. The van der Waals surface area contributed by atoms with Gasteiger partial charge in [-0.05, 0) is 24.1 Å². The minimum atomic E-state index is -1.27. The van der Waals surface area contributed by atoms with Gasteiger partial charge in [-0.25, -0.2) is 19.4 Å². The van der Waals surface area contributed by atoms with Gasteiger partial charge in [-0.2, -0.15) is 0 Å². The third-order valence-corrected chi connectivity index (χ3v) is 8.59. The summed E-state index contributed by atoms with van der Waals surface area (Å²) < 4.78 is 20.4. The molecule has 2 aliphatic heterocycles. The Morgan fingerprint density at radius 1 is 1.02 bits per heavy atom. The van der Waals surface area contributed by atoms with Crippen LogP contribution < -0.4 is 5.32 Å². The minimum Gasteiger partial charge on any atom is -0.450 e. The van der Waals surface area contributed by atoms with E-state index in [0.29, 0.717) is 5.75 Å². The Kier molecular flexibility index (Phi) is 11.4. The van der Waals surface area contributed by atoms with Crippen LogP contribution in [-0.2, 0) is 43.0 Å². The first kappa shape index (κ1) is 34.1. The first-order chi connectivity index (χ1) is 23.3. The lowest BCUT2D eigenvalue weighted by Crippen LogP contribution is -2.70. The van der Waals surface area contributed by atoms with Crippen LogP contribution in [0.5, 0.6) is 0 Å². The molecule has 0 saturated carbocycles. The van der Waals surface area contributed by atoms with E-state index in [9.17, 15) is 24.0 Å². The summed E-state index contributed by atoms with van der Waals surface area (Å²) in [7, 11) is 0. The van der Waals surface area contributed by atoms with E-state index >= 15 is 0 Å². The van der Waals surface area contributed by atoms with Crippen molar-refractivity contribution in [3.63, 3.8) is 0 Å². The van der Waals surface area contributed by atoms with E-state index in [2.05, 4.69) is 20.2 Å². The summed E-state index contributed by atoms with van der Waals surface area (Å²) in [5.74, 6) is -2.64. The maximum atomic E-state index is 13.4. The van der Waals surface area contributed by atoms with Crippen molar-refractivity contribution in [2.75, 3.05) is 19.0 Å². The molecule has 3 heterocycles. The zero-order valence-corrected chi connectivity index (χ0v) is 27.3. The lowest BCUT2D eigenvalue weighted by Gasteiger charge is -2.48. The Bertz CT molecular complexity index is 1650. The monoisotopic (exact) mass is 694 g/mol. The van der Waals surface area contributed by atoms with Crippen molar-refractivity contribution in [2.24, 2.45) is 5.16 Å². The first-order valence-electron chi connectivity index (χ1n) is 14.6. The lowest BCUT2D eigenvalue weighted by atomic mass is 10.0. The van der Waals surface area contributed by atoms with Crippen LogP contribution >= 0.6 is 23.1 Å². The molecule has 1 saturated heterocycles. The van der Waals surface area contributed by atoms with Crippen molar-refractivity contribution < 1.29 is 47.8 Å². The molecule has 2 unspecified atom stereocenters. The predicted octanol–water partition coefficient (Wildman–Crippen LogP) is 3.54. The van der Waals surface area contributed by atoms with Crippen LogP contribution in [0.1, 0.15) is 36.8 Å². The van der Waals surface area contributed by atoms with Crippen molar-refractivity contribution in [1.82, 2.24) is 15.2 Å². The van der Waals surface area contributed by atoms with Gasteiger partial charge in [0.15, 0.2) is 11.8 Å². The van der Waals surface area contributed by atoms with Gasteiger partial charge in [-0.3, -0.25) is 14.5 Å². The number of benzene rings is 2. The number of fused-ring (bicyclic) bond motifs is 1. The summed E-state index contributed by atoms with van der Waals surface area (Å²) in [5, 5.41) is 7.45. The van der Waals surface area contributed by atoms with Crippen molar-refractivity contribution >= 4 is 58.7 Å². The number of amides is 2. The molecule has 250 valence electrons. The number of carbonyl (C=O) groups excluding carboxylic acids is 5. The van der Waals surface area contributed by atoms with E-state index in [1.165, 1.54) is 46.5 Å². The number of carbonyl (C=O) groups is 5. The van der Waals surface area contributed by atoms with E-state index in [4.69, 9.17) is 19.0 Å². The SMILES string of the molecule is CCOC(=O)OC(C)OC(=O)C1=CCS[C@@H]2C(NC(=O)/C(=N/OCC(=O)OC(c3ccccc3)c3ccccc3)c3cscn3)C(=O)N12. The molecule has 3 atom stereocenters. The zero-order valence-electron chi connectivity index (χ0n) is 25.7. The number of oxime groups is 1. The quantitative estimate of drug-likeness (QED) is 0.0690. The first-order valence-corrected chi connectivity index (χ1v) is 16.6. The molecule has 1 N–H and O–H groups in total. The summed E-state index contributed by atoms with van der Waals surface area (Å²) in [6.45, 7) is 2.39. The molecule has 0 spiro atoms. The second kappa shape index (κ2) is 16.1. The third-order valence-electron chi connectivity index (χ3n) is 6.82. The Balaban J connectivity index is 1.21. The molecule has 3 aromatic rings. The predicted molar refractivity (Wildman–Crippen MR) is 172 cm³/mol. The molecule has 2 amide bonds. The summed E-state index contributed by atoms with van der Waals surface area (Å²) in [6.07, 6.45) is -1.46. The molecule has 1 aromatic heterocycles. The van der Waals surface area contributed by atoms with Gasteiger partial charge in [0, 0.05) is 18.1 Å². The fourth-order valence-corrected chi connectivity index (χ4v) is 6.43. The number of rotatable bonds is 13. The topological polar surface area (TPSA) is 172 Å². The number of thioether (sulfide) groups is 1. The minimum absolute atomic E-state index is 0.0481. The van der Waals surface area contributed by atoms with Gasteiger partial charge >= 0.3 is 18.1 Å². The second-order valence-electron chi connectivity index (χ2n) is 10.0. The maximum absolute atomic E-state index is 13.4. The van der Waals surface area contributed by atoms with E-state index in [-0.39, 0.29) is 23.7 Å². The summed E-state index contributed by atoms with van der Waals surface area (Å²) in [6, 6.07) is 17.4. The molecule has 48 heavy (non-hydrogen) atoms. The van der Waals surface area contributed by atoms with Crippen molar-refractivity contribution in [2.45, 2.75) is 37.7 Å². The average Bonchev–Trinajstić information content (AvgIpc) is 3.63. The largest absolute Gasteiger partial charge is 0.511 e. The fourth-order valence-electron chi connectivity index (χ4n) is 4.69. The highest BCUT2D eigenvalue weighted by atomic mass is 32.2. The molecule has 0 radical (unpaired) electrons. The normalized spacial score (nSPS) is 17.6. The maximum Gasteiger partial charge on any atom is 0.511 e. The molecule has 14 nitrogen and oxygen atoms in total. The van der Waals surface area contributed by atoms with Crippen LogP contribution in [0.2, 0.25) is 0 Å². The number of aromatic nitrogens is 1. The third kappa shape index (κ3) is 8.19. The highest BCUT2D eigenvalue weighted by molar-refractivity contribution is 8.00. The van der Waals surface area contributed by atoms with Crippen LogP contribution in [0.3, 0.4) is 0 Å². The van der Waals surface area contributed by atoms with Gasteiger partial charge in [-0.1, -0.05) is 65.8 Å². The number of hydrogen-bond acceptors (Lipinski definition) is 14. The number of esters is 2. The van der Waals surface area contributed by atoms with Gasteiger partial charge in [0.05, 0.1) is 12.1 Å². The Morgan fingerprint density at radius 3 is 2.33 bits per heavy atom. The molecular weight excluding hydrogens is 665 g/mol. The summed E-state index contributed by atoms with van der Waals surface area (Å²) in [5.41, 5.74) is 2.85. The van der Waals surface area contributed by atoms with Gasteiger partial charge < -0.3 is 29.1 Å². The van der Waals surface area contributed by atoms with Gasteiger partial charge in [0.2, 0.25) is 12.9 Å². The number of ether oxygens (including phenoxy) is 4. The van der Waals surface area contributed by atoms with Crippen LogP contribution in [0.25, 0.3) is 0 Å². The van der Waals surface area contributed by atoms with Crippen LogP contribution in [0, 0.1) is 0 Å². The number of hydrogen-bond donors (Lipinski definition) is 1. The molecule has 2 aliphatic rings. The highest BCUT2D eigenvalue weighted by Gasteiger charge is 2.53. The van der Waals surface area contributed by atoms with Crippen molar-refractivity contribution in [3.8, 4) is 0 Å². The number of nitrogens with zero attached hydrogens (tertiary/aromatic N) is 3. The van der Waals surface area contributed by atoms with E-state index in [0.717, 1.165) is 11.1 Å². The molecule has 16 heteroatoms. The Hall–Kier alpha value is -5.22. The van der Waals surface area contributed by atoms with Crippen LogP contribution in [-0.4, -0.2) is 82.2 Å². The molecule has 0 bridgehead atoms.